The summed E-state index contributed by atoms with van der Waals surface area (Å²) in [5.41, 5.74) is 1.31. The molecule has 26 heavy (non-hydrogen) atoms. The summed E-state index contributed by atoms with van der Waals surface area (Å²) in [4.78, 5) is 14.7. The number of morpholine rings is 1. The summed E-state index contributed by atoms with van der Waals surface area (Å²) >= 11 is 12.0. The fourth-order valence-corrected chi connectivity index (χ4v) is 3.48. The molecule has 1 saturated heterocycles. The van der Waals surface area contributed by atoms with Crippen LogP contribution in [0.15, 0.2) is 42.5 Å². The standard InChI is InChI=1S/C19H19Cl2FN2O2/c20-14-3-6-16(17(21)11-14)19(25)23-12-18(24-7-9-26-10-8-24)13-1-4-15(22)5-2-13/h1-6,11,18H,7-10,12H2,(H,23,25). The van der Waals surface area contributed by atoms with Gasteiger partial charge in [0, 0.05) is 24.7 Å². The van der Waals surface area contributed by atoms with Crippen LogP contribution in [-0.4, -0.2) is 43.7 Å². The molecule has 7 heteroatoms. The summed E-state index contributed by atoms with van der Waals surface area (Å²) in [5.74, 6) is -0.557. The molecule has 0 aromatic heterocycles. The number of amides is 1. The van der Waals surface area contributed by atoms with Crippen LogP contribution in [0.4, 0.5) is 4.39 Å². The van der Waals surface area contributed by atoms with E-state index in [0.29, 0.717) is 35.4 Å². The van der Waals surface area contributed by atoms with Crippen LogP contribution in [0, 0.1) is 5.82 Å². The van der Waals surface area contributed by atoms with E-state index in [9.17, 15) is 9.18 Å². The third kappa shape index (κ3) is 4.74. The van der Waals surface area contributed by atoms with Gasteiger partial charge in [-0.3, -0.25) is 9.69 Å². The molecule has 1 N–H and O–H groups in total. The highest BCUT2D eigenvalue weighted by molar-refractivity contribution is 6.36. The molecule has 0 spiro atoms. The minimum atomic E-state index is -0.286. The summed E-state index contributed by atoms with van der Waals surface area (Å²) in [7, 11) is 0. The highest BCUT2D eigenvalue weighted by atomic mass is 35.5. The second-order valence-electron chi connectivity index (χ2n) is 6.05. The molecule has 0 aliphatic carbocycles. The second-order valence-corrected chi connectivity index (χ2v) is 6.89. The molecule has 4 nitrogen and oxygen atoms in total. The number of rotatable bonds is 5. The summed E-state index contributed by atoms with van der Waals surface area (Å²) in [6.45, 7) is 3.14. The third-order valence-corrected chi connectivity index (χ3v) is 4.92. The van der Waals surface area contributed by atoms with Crippen molar-refractivity contribution in [3.63, 3.8) is 0 Å². The molecule has 3 rings (SSSR count). The van der Waals surface area contributed by atoms with E-state index in [1.165, 1.54) is 18.2 Å². The van der Waals surface area contributed by atoms with Crippen molar-refractivity contribution in [2.75, 3.05) is 32.8 Å². The van der Waals surface area contributed by atoms with E-state index in [1.807, 2.05) is 0 Å². The van der Waals surface area contributed by atoms with Crippen LogP contribution in [-0.2, 0) is 4.74 Å². The maximum atomic E-state index is 13.3. The predicted octanol–water partition coefficient (Wildman–Crippen LogP) is 3.94. The van der Waals surface area contributed by atoms with Crippen molar-refractivity contribution >= 4 is 29.1 Å². The van der Waals surface area contributed by atoms with Gasteiger partial charge in [-0.2, -0.15) is 0 Å². The summed E-state index contributed by atoms with van der Waals surface area (Å²) in [6.07, 6.45) is 0. The van der Waals surface area contributed by atoms with Gasteiger partial charge < -0.3 is 10.1 Å². The van der Waals surface area contributed by atoms with Crippen molar-refractivity contribution in [2.24, 2.45) is 0 Å². The molecule has 1 atom stereocenters. The zero-order chi connectivity index (χ0) is 18.5. The van der Waals surface area contributed by atoms with E-state index < -0.39 is 0 Å². The molecular weight excluding hydrogens is 378 g/mol. The Hall–Kier alpha value is -1.66. The molecule has 1 aliphatic heterocycles. The first-order valence-corrected chi connectivity index (χ1v) is 9.10. The second kappa shape index (κ2) is 8.82. The fourth-order valence-electron chi connectivity index (χ4n) is 2.99. The van der Waals surface area contributed by atoms with E-state index in [4.69, 9.17) is 27.9 Å². The van der Waals surface area contributed by atoms with Gasteiger partial charge in [0.25, 0.3) is 5.91 Å². The summed E-state index contributed by atoms with van der Waals surface area (Å²) < 4.78 is 18.7. The number of benzene rings is 2. The van der Waals surface area contributed by atoms with Crippen LogP contribution < -0.4 is 5.32 Å². The number of ether oxygens (including phenoxy) is 1. The van der Waals surface area contributed by atoms with Gasteiger partial charge in [0.2, 0.25) is 0 Å². The number of hydrogen-bond acceptors (Lipinski definition) is 3. The van der Waals surface area contributed by atoms with Crippen LogP contribution in [0.25, 0.3) is 0 Å². The lowest BCUT2D eigenvalue weighted by atomic mass is 10.0. The third-order valence-electron chi connectivity index (χ3n) is 4.37. The Labute approximate surface area is 161 Å². The van der Waals surface area contributed by atoms with E-state index in [1.54, 1.807) is 24.3 Å². The van der Waals surface area contributed by atoms with Crippen molar-refractivity contribution < 1.29 is 13.9 Å². The zero-order valence-electron chi connectivity index (χ0n) is 14.1. The minimum Gasteiger partial charge on any atom is -0.379 e. The average molecular weight is 397 g/mol. The van der Waals surface area contributed by atoms with Gasteiger partial charge in [-0.15, -0.1) is 0 Å². The van der Waals surface area contributed by atoms with Crippen molar-refractivity contribution in [2.45, 2.75) is 6.04 Å². The Kier molecular flexibility index (Phi) is 6.48. The van der Waals surface area contributed by atoms with Gasteiger partial charge in [-0.1, -0.05) is 35.3 Å². The van der Waals surface area contributed by atoms with Crippen LogP contribution in [0.1, 0.15) is 22.0 Å². The Bertz CT molecular complexity index is 765. The first kappa shape index (κ1) is 19.1. The quantitative estimate of drug-likeness (QED) is 0.831. The lowest BCUT2D eigenvalue weighted by Gasteiger charge is -2.35. The van der Waals surface area contributed by atoms with Crippen molar-refractivity contribution in [1.29, 1.82) is 0 Å². The Morgan fingerprint density at radius 3 is 2.50 bits per heavy atom. The van der Waals surface area contributed by atoms with Crippen molar-refractivity contribution in [3.05, 3.63) is 69.5 Å². The molecule has 0 bridgehead atoms. The number of nitrogens with one attached hydrogen (secondary N) is 1. The first-order valence-electron chi connectivity index (χ1n) is 8.35. The Morgan fingerprint density at radius 1 is 1.15 bits per heavy atom. The van der Waals surface area contributed by atoms with Gasteiger partial charge >= 0.3 is 0 Å². The first-order chi connectivity index (χ1) is 12.5. The number of carbonyl (C=O) groups is 1. The van der Waals surface area contributed by atoms with Crippen LogP contribution in [0.2, 0.25) is 10.0 Å². The minimum absolute atomic E-state index is 0.0745. The highest BCUT2D eigenvalue weighted by Crippen LogP contribution is 2.23. The lowest BCUT2D eigenvalue weighted by molar-refractivity contribution is 0.0162. The Balaban J connectivity index is 1.74. The molecule has 1 amide bonds. The SMILES string of the molecule is O=C(NCC(c1ccc(F)cc1)N1CCOCC1)c1ccc(Cl)cc1Cl. The topological polar surface area (TPSA) is 41.6 Å². The fraction of sp³-hybridized carbons (Fsp3) is 0.316. The van der Waals surface area contributed by atoms with Gasteiger partial charge in [-0.05, 0) is 35.9 Å². The van der Waals surface area contributed by atoms with Crippen LogP contribution in [0.5, 0.6) is 0 Å². The summed E-state index contributed by atoms with van der Waals surface area (Å²) in [5, 5.41) is 3.71. The van der Waals surface area contributed by atoms with Crippen molar-refractivity contribution in [3.8, 4) is 0 Å². The molecule has 2 aromatic rings. The van der Waals surface area contributed by atoms with E-state index in [2.05, 4.69) is 10.2 Å². The number of carbonyl (C=O) groups excluding carboxylic acids is 1. The van der Waals surface area contributed by atoms with Gasteiger partial charge in [-0.25, -0.2) is 4.39 Å². The van der Waals surface area contributed by atoms with Gasteiger partial charge in [0.1, 0.15) is 5.82 Å². The normalized spacial score (nSPS) is 16.3. The number of hydrogen-bond donors (Lipinski definition) is 1. The highest BCUT2D eigenvalue weighted by Gasteiger charge is 2.24. The van der Waals surface area contributed by atoms with Gasteiger partial charge in [0.05, 0.1) is 29.8 Å². The zero-order valence-corrected chi connectivity index (χ0v) is 15.6. The molecular formula is C19H19Cl2FN2O2. The smallest absolute Gasteiger partial charge is 0.252 e. The molecule has 1 unspecified atom stereocenters. The monoisotopic (exact) mass is 396 g/mol. The largest absolute Gasteiger partial charge is 0.379 e. The molecule has 0 saturated carbocycles. The average Bonchev–Trinajstić information content (AvgIpc) is 2.64. The molecule has 1 aliphatic rings. The van der Waals surface area contributed by atoms with Crippen molar-refractivity contribution in [1.82, 2.24) is 10.2 Å². The number of halogens is 3. The van der Waals surface area contributed by atoms with E-state index >= 15 is 0 Å². The molecule has 2 aromatic carbocycles. The molecule has 1 fully saturated rings. The maximum Gasteiger partial charge on any atom is 0.252 e. The van der Waals surface area contributed by atoms with E-state index in [-0.39, 0.29) is 17.8 Å². The molecule has 138 valence electrons. The molecule has 1 heterocycles. The lowest BCUT2D eigenvalue weighted by Crippen LogP contribution is -2.43. The van der Waals surface area contributed by atoms with Crippen LogP contribution >= 0.6 is 23.2 Å². The maximum absolute atomic E-state index is 13.3. The van der Waals surface area contributed by atoms with Crippen LogP contribution in [0.3, 0.4) is 0 Å². The predicted molar refractivity (Wildman–Crippen MR) is 100 cm³/mol. The van der Waals surface area contributed by atoms with Gasteiger partial charge in [0.15, 0.2) is 0 Å². The molecule has 0 radical (unpaired) electrons. The Morgan fingerprint density at radius 2 is 1.85 bits per heavy atom. The van der Waals surface area contributed by atoms with E-state index in [0.717, 1.165) is 18.7 Å². The summed E-state index contributed by atoms with van der Waals surface area (Å²) in [6, 6.07) is 11.0. The number of nitrogens with zero attached hydrogens (tertiary/aromatic N) is 1.